The van der Waals surface area contributed by atoms with Gasteiger partial charge in [0.15, 0.2) is 0 Å². The number of ether oxygens (including phenoxy) is 1. The summed E-state index contributed by atoms with van der Waals surface area (Å²) in [5.41, 5.74) is 0. The average Bonchev–Trinajstić information content (AvgIpc) is 2.99. The summed E-state index contributed by atoms with van der Waals surface area (Å²) in [6.07, 6.45) is 2.37. The van der Waals surface area contributed by atoms with Crippen LogP contribution in [0.15, 0.2) is 0 Å². The van der Waals surface area contributed by atoms with Crippen molar-refractivity contribution >= 4 is 17.5 Å². The monoisotopic (exact) mass is 214 g/mol. The van der Waals surface area contributed by atoms with Gasteiger partial charge in [-0.25, -0.2) is 0 Å². The Balaban J connectivity index is 2.27. The molecule has 0 saturated heterocycles. The molecule has 0 radical (unpaired) electrons. The highest BCUT2D eigenvalue weighted by molar-refractivity contribution is 6.28. The Morgan fingerprint density at radius 3 is 2.64 bits per heavy atom. The molecule has 0 amide bonds. The molecule has 76 valence electrons. The lowest BCUT2D eigenvalue weighted by atomic mass is 10.6. The minimum absolute atomic E-state index is 0.166. The van der Waals surface area contributed by atoms with Crippen LogP contribution in [-0.2, 0) is 0 Å². The fourth-order valence-corrected chi connectivity index (χ4v) is 1.34. The maximum Gasteiger partial charge on any atom is 0.322 e. The van der Waals surface area contributed by atoms with Gasteiger partial charge in [0.2, 0.25) is 11.2 Å². The molecule has 1 fully saturated rings. The molecule has 1 aliphatic carbocycles. The van der Waals surface area contributed by atoms with Crippen molar-refractivity contribution in [3.8, 4) is 6.01 Å². The third-order valence-electron chi connectivity index (χ3n) is 2.17. The molecule has 2 rings (SSSR count). The van der Waals surface area contributed by atoms with Crippen LogP contribution in [0.4, 0.5) is 5.95 Å². The van der Waals surface area contributed by atoms with E-state index in [2.05, 4.69) is 15.0 Å². The fraction of sp³-hybridized carbons (Fsp3) is 0.625. The van der Waals surface area contributed by atoms with E-state index >= 15 is 0 Å². The SMILES string of the molecule is COc1nc(Cl)nc(N(C)C2CC2)n1. The van der Waals surface area contributed by atoms with E-state index in [-0.39, 0.29) is 11.3 Å². The highest BCUT2D eigenvalue weighted by Gasteiger charge is 2.28. The van der Waals surface area contributed by atoms with Gasteiger partial charge in [-0.15, -0.1) is 0 Å². The Hall–Kier alpha value is -1.10. The Morgan fingerprint density at radius 1 is 1.36 bits per heavy atom. The number of nitrogens with zero attached hydrogens (tertiary/aromatic N) is 4. The maximum absolute atomic E-state index is 5.73. The van der Waals surface area contributed by atoms with Gasteiger partial charge in [-0.1, -0.05) is 0 Å². The molecule has 0 unspecified atom stereocenters. The molecule has 14 heavy (non-hydrogen) atoms. The van der Waals surface area contributed by atoms with Crippen molar-refractivity contribution in [2.75, 3.05) is 19.1 Å². The van der Waals surface area contributed by atoms with Crippen molar-refractivity contribution in [3.63, 3.8) is 0 Å². The molecule has 1 aliphatic rings. The van der Waals surface area contributed by atoms with Crippen molar-refractivity contribution in [2.24, 2.45) is 0 Å². The second-order valence-corrected chi connectivity index (χ2v) is 3.57. The van der Waals surface area contributed by atoms with E-state index in [1.54, 1.807) is 0 Å². The van der Waals surface area contributed by atoms with E-state index in [1.165, 1.54) is 20.0 Å². The topological polar surface area (TPSA) is 51.1 Å². The van der Waals surface area contributed by atoms with Crippen LogP contribution in [0.3, 0.4) is 0 Å². The molecule has 1 aromatic heterocycles. The third-order valence-corrected chi connectivity index (χ3v) is 2.34. The lowest BCUT2D eigenvalue weighted by Gasteiger charge is -2.15. The zero-order valence-corrected chi connectivity index (χ0v) is 8.82. The quantitative estimate of drug-likeness (QED) is 0.755. The normalized spacial score (nSPS) is 15.4. The summed E-state index contributed by atoms with van der Waals surface area (Å²) < 4.78 is 4.91. The Kier molecular flexibility index (Phi) is 2.41. The van der Waals surface area contributed by atoms with Crippen LogP contribution in [-0.4, -0.2) is 35.2 Å². The number of methoxy groups -OCH3 is 1. The molecule has 1 saturated carbocycles. The number of hydrogen-bond acceptors (Lipinski definition) is 5. The van der Waals surface area contributed by atoms with Crippen molar-refractivity contribution in [2.45, 2.75) is 18.9 Å². The minimum atomic E-state index is 0.166. The zero-order valence-electron chi connectivity index (χ0n) is 8.07. The maximum atomic E-state index is 5.73. The molecular formula is C8H11ClN4O. The lowest BCUT2D eigenvalue weighted by molar-refractivity contribution is 0.378. The number of hydrogen-bond donors (Lipinski definition) is 0. The predicted octanol–water partition coefficient (Wildman–Crippen LogP) is 1.13. The van der Waals surface area contributed by atoms with Crippen LogP contribution in [0.2, 0.25) is 5.28 Å². The van der Waals surface area contributed by atoms with Gasteiger partial charge in [0.1, 0.15) is 0 Å². The standard InChI is InChI=1S/C8H11ClN4O/c1-13(5-3-4-5)7-10-6(9)11-8(12-7)14-2/h5H,3-4H2,1-2H3. The first-order valence-corrected chi connectivity index (χ1v) is 4.77. The van der Waals surface area contributed by atoms with Gasteiger partial charge in [-0.05, 0) is 24.4 Å². The molecule has 1 aromatic rings. The van der Waals surface area contributed by atoms with Gasteiger partial charge in [0.25, 0.3) is 0 Å². The Morgan fingerprint density at radius 2 is 2.07 bits per heavy atom. The van der Waals surface area contributed by atoms with Crippen molar-refractivity contribution in [3.05, 3.63) is 5.28 Å². The first kappa shape index (κ1) is 9.45. The summed E-state index contributed by atoms with van der Waals surface area (Å²) in [5.74, 6) is 0.573. The average molecular weight is 215 g/mol. The Labute approximate surface area is 87.1 Å². The molecule has 0 atom stereocenters. The van der Waals surface area contributed by atoms with Gasteiger partial charge < -0.3 is 9.64 Å². The molecular weight excluding hydrogens is 204 g/mol. The molecule has 0 spiro atoms. The summed E-state index contributed by atoms with van der Waals surface area (Å²) in [7, 11) is 3.45. The van der Waals surface area contributed by atoms with Crippen LogP contribution in [0.5, 0.6) is 6.01 Å². The Bertz CT molecular complexity index is 342. The largest absolute Gasteiger partial charge is 0.467 e. The molecule has 5 nitrogen and oxygen atoms in total. The molecule has 1 heterocycles. The second kappa shape index (κ2) is 3.57. The van der Waals surface area contributed by atoms with Crippen LogP contribution >= 0.6 is 11.6 Å². The van der Waals surface area contributed by atoms with Crippen molar-refractivity contribution in [1.29, 1.82) is 0 Å². The molecule has 6 heteroatoms. The zero-order chi connectivity index (χ0) is 10.1. The summed E-state index contributed by atoms with van der Waals surface area (Å²) in [5, 5.41) is 0.166. The fourth-order valence-electron chi connectivity index (χ4n) is 1.20. The van der Waals surface area contributed by atoms with Crippen LogP contribution < -0.4 is 9.64 Å². The number of halogens is 1. The smallest absolute Gasteiger partial charge is 0.322 e. The number of rotatable bonds is 3. The highest BCUT2D eigenvalue weighted by Crippen LogP contribution is 2.28. The van der Waals surface area contributed by atoms with E-state index in [4.69, 9.17) is 16.3 Å². The predicted molar refractivity (Wildman–Crippen MR) is 52.8 cm³/mol. The highest BCUT2D eigenvalue weighted by atomic mass is 35.5. The summed E-state index contributed by atoms with van der Waals surface area (Å²) >= 11 is 5.73. The van der Waals surface area contributed by atoms with E-state index < -0.39 is 0 Å². The summed E-state index contributed by atoms with van der Waals surface area (Å²) in [4.78, 5) is 13.9. The summed E-state index contributed by atoms with van der Waals surface area (Å²) in [6.45, 7) is 0. The van der Waals surface area contributed by atoms with E-state index in [1.807, 2.05) is 11.9 Å². The summed E-state index contributed by atoms with van der Waals surface area (Å²) in [6, 6.07) is 0.797. The van der Waals surface area contributed by atoms with Crippen LogP contribution in [0.1, 0.15) is 12.8 Å². The first-order chi connectivity index (χ1) is 6.70. The first-order valence-electron chi connectivity index (χ1n) is 4.39. The van der Waals surface area contributed by atoms with Gasteiger partial charge in [-0.2, -0.15) is 15.0 Å². The van der Waals surface area contributed by atoms with E-state index in [0.29, 0.717) is 12.0 Å². The second-order valence-electron chi connectivity index (χ2n) is 3.23. The van der Waals surface area contributed by atoms with Gasteiger partial charge in [0.05, 0.1) is 7.11 Å². The molecule has 0 N–H and O–H groups in total. The van der Waals surface area contributed by atoms with Gasteiger partial charge >= 0.3 is 6.01 Å². The third kappa shape index (κ3) is 1.87. The molecule has 0 aromatic carbocycles. The van der Waals surface area contributed by atoms with Crippen molar-refractivity contribution in [1.82, 2.24) is 15.0 Å². The molecule has 0 bridgehead atoms. The van der Waals surface area contributed by atoms with Gasteiger partial charge in [-0.3, -0.25) is 0 Å². The molecule has 0 aliphatic heterocycles. The van der Waals surface area contributed by atoms with E-state index in [0.717, 1.165) is 0 Å². The number of aromatic nitrogens is 3. The van der Waals surface area contributed by atoms with Crippen LogP contribution in [0.25, 0.3) is 0 Å². The van der Waals surface area contributed by atoms with Crippen LogP contribution in [0, 0.1) is 0 Å². The number of anilines is 1. The lowest BCUT2D eigenvalue weighted by Crippen LogP contribution is -2.22. The van der Waals surface area contributed by atoms with Crippen molar-refractivity contribution < 1.29 is 4.74 Å². The van der Waals surface area contributed by atoms with Gasteiger partial charge in [0, 0.05) is 13.1 Å². The van der Waals surface area contributed by atoms with E-state index in [9.17, 15) is 0 Å². The minimum Gasteiger partial charge on any atom is -0.467 e.